The zero-order valence-electron chi connectivity index (χ0n) is 7.10. The number of hydrogen-bond acceptors (Lipinski definition) is 1. The summed E-state index contributed by atoms with van der Waals surface area (Å²) in [5, 5.41) is 11.4. The third-order valence-electron chi connectivity index (χ3n) is 1.58. The molecule has 2 heteroatoms. The molecule has 0 fully saturated rings. The highest BCUT2D eigenvalue weighted by molar-refractivity contribution is 4.43. The Labute approximate surface area is 63.8 Å². The maximum absolute atomic E-state index is 10.4. The molecule has 0 unspecified atom stereocenters. The smallest absolute Gasteiger partial charge is 0.0268 e. The van der Waals surface area contributed by atoms with Gasteiger partial charge in [0.15, 0.2) is 0 Å². The molecule has 0 saturated carbocycles. The van der Waals surface area contributed by atoms with E-state index in [4.69, 9.17) is 0 Å². The lowest BCUT2D eigenvalue weighted by molar-refractivity contribution is -0.135. The van der Waals surface area contributed by atoms with Crippen molar-refractivity contribution in [2.24, 2.45) is 0 Å². The predicted molar refractivity (Wildman–Crippen MR) is 42.1 cm³/mol. The first-order chi connectivity index (χ1) is 4.77. The fraction of sp³-hybridized carbons (Fsp3) is 1.00. The standard InChI is InChI=1S/C8H18NO/c1-3-4-5-6-7-8-9(2)10/h3-8H2,1-2H3. The summed E-state index contributed by atoms with van der Waals surface area (Å²) in [6.07, 6.45) is 6.13. The molecule has 0 atom stereocenters. The predicted octanol–water partition coefficient (Wildman–Crippen LogP) is 2.23. The fourth-order valence-corrected chi connectivity index (χ4v) is 0.938. The zero-order valence-corrected chi connectivity index (χ0v) is 7.10. The zero-order chi connectivity index (χ0) is 7.82. The topological polar surface area (TPSA) is 23.1 Å². The van der Waals surface area contributed by atoms with E-state index < -0.39 is 0 Å². The summed E-state index contributed by atoms with van der Waals surface area (Å²) in [6.45, 7) is 2.89. The minimum absolute atomic E-state index is 0.698. The number of unbranched alkanes of at least 4 members (excludes halogenated alkanes) is 4. The van der Waals surface area contributed by atoms with Crippen LogP contribution >= 0.6 is 0 Å². The summed E-state index contributed by atoms with van der Waals surface area (Å²) in [5.41, 5.74) is 0. The van der Waals surface area contributed by atoms with Crippen molar-refractivity contribution in [1.82, 2.24) is 5.06 Å². The van der Waals surface area contributed by atoms with Gasteiger partial charge in [0.25, 0.3) is 0 Å². The van der Waals surface area contributed by atoms with Crippen molar-refractivity contribution in [2.45, 2.75) is 39.0 Å². The first-order valence-corrected chi connectivity index (χ1v) is 4.15. The molecule has 1 radical (unpaired) electrons. The van der Waals surface area contributed by atoms with Crippen LogP contribution in [-0.4, -0.2) is 18.7 Å². The summed E-state index contributed by atoms with van der Waals surface area (Å²) in [6, 6.07) is 0. The van der Waals surface area contributed by atoms with Gasteiger partial charge in [0.1, 0.15) is 0 Å². The van der Waals surface area contributed by atoms with Crippen LogP contribution in [0.4, 0.5) is 0 Å². The Morgan fingerprint density at radius 3 is 2.20 bits per heavy atom. The highest BCUT2D eigenvalue weighted by atomic mass is 16.5. The SMILES string of the molecule is CCCCCCCN(C)[O]. The molecule has 10 heavy (non-hydrogen) atoms. The van der Waals surface area contributed by atoms with Crippen LogP contribution in [0.15, 0.2) is 0 Å². The molecular weight excluding hydrogens is 126 g/mol. The molecule has 61 valence electrons. The third-order valence-corrected chi connectivity index (χ3v) is 1.58. The van der Waals surface area contributed by atoms with E-state index in [0.717, 1.165) is 11.5 Å². The quantitative estimate of drug-likeness (QED) is 0.414. The van der Waals surface area contributed by atoms with Gasteiger partial charge in [0.2, 0.25) is 0 Å². The fourth-order valence-electron chi connectivity index (χ4n) is 0.938. The van der Waals surface area contributed by atoms with Crippen LogP contribution in [0.3, 0.4) is 0 Å². The van der Waals surface area contributed by atoms with Crippen LogP contribution in [-0.2, 0) is 5.21 Å². The van der Waals surface area contributed by atoms with Gasteiger partial charge >= 0.3 is 0 Å². The van der Waals surface area contributed by atoms with E-state index in [9.17, 15) is 5.21 Å². The molecule has 0 rings (SSSR count). The second-order valence-electron chi connectivity index (χ2n) is 2.77. The Balaban J connectivity index is 2.77. The van der Waals surface area contributed by atoms with Gasteiger partial charge in [-0.2, -0.15) is 5.06 Å². The number of rotatable bonds is 6. The number of hydrogen-bond donors (Lipinski definition) is 0. The molecule has 0 heterocycles. The van der Waals surface area contributed by atoms with Crippen LogP contribution in [0.2, 0.25) is 0 Å². The number of hydroxylamine groups is 2. The second kappa shape index (κ2) is 7.03. The molecule has 0 saturated heterocycles. The molecule has 0 aromatic rings. The van der Waals surface area contributed by atoms with Crippen molar-refractivity contribution < 1.29 is 5.21 Å². The van der Waals surface area contributed by atoms with Gasteiger partial charge in [-0.15, -0.1) is 5.21 Å². The maximum atomic E-state index is 10.4. The molecule has 0 aromatic carbocycles. The van der Waals surface area contributed by atoms with E-state index >= 15 is 0 Å². The first kappa shape index (κ1) is 9.92. The summed E-state index contributed by atoms with van der Waals surface area (Å²) in [7, 11) is 1.58. The van der Waals surface area contributed by atoms with E-state index in [1.165, 1.54) is 25.7 Å². The molecule has 0 amide bonds. The summed E-state index contributed by atoms with van der Waals surface area (Å²) in [4.78, 5) is 0. The molecular formula is C8H18NO. The van der Waals surface area contributed by atoms with Gasteiger partial charge in [-0.25, -0.2) is 0 Å². The molecule has 2 nitrogen and oxygen atoms in total. The van der Waals surface area contributed by atoms with Crippen molar-refractivity contribution >= 4 is 0 Å². The molecule has 0 aliphatic heterocycles. The van der Waals surface area contributed by atoms with Gasteiger partial charge in [-0.05, 0) is 6.42 Å². The van der Waals surface area contributed by atoms with E-state index in [2.05, 4.69) is 6.92 Å². The average molecular weight is 144 g/mol. The van der Waals surface area contributed by atoms with Gasteiger partial charge in [-0.3, -0.25) is 0 Å². The van der Waals surface area contributed by atoms with Crippen molar-refractivity contribution in [1.29, 1.82) is 0 Å². The molecule has 0 spiro atoms. The second-order valence-corrected chi connectivity index (χ2v) is 2.77. The summed E-state index contributed by atoms with van der Waals surface area (Å²) >= 11 is 0. The van der Waals surface area contributed by atoms with Crippen molar-refractivity contribution in [3.8, 4) is 0 Å². The van der Waals surface area contributed by atoms with Crippen molar-refractivity contribution in [2.75, 3.05) is 13.6 Å². The molecule has 0 aromatic heterocycles. The Morgan fingerprint density at radius 1 is 1.10 bits per heavy atom. The highest BCUT2D eigenvalue weighted by Crippen LogP contribution is 2.02. The Morgan fingerprint density at radius 2 is 1.70 bits per heavy atom. The summed E-state index contributed by atoms with van der Waals surface area (Å²) < 4.78 is 0. The van der Waals surface area contributed by atoms with Crippen LogP contribution in [0, 0.1) is 0 Å². The summed E-state index contributed by atoms with van der Waals surface area (Å²) in [5.74, 6) is 0. The van der Waals surface area contributed by atoms with Crippen LogP contribution in [0.25, 0.3) is 0 Å². The minimum Gasteiger partial charge on any atom is -0.158 e. The van der Waals surface area contributed by atoms with Crippen molar-refractivity contribution in [3.05, 3.63) is 0 Å². The minimum atomic E-state index is 0.698. The molecule has 0 aliphatic carbocycles. The Bertz CT molecular complexity index is 64.3. The largest absolute Gasteiger partial charge is 0.158 e. The van der Waals surface area contributed by atoms with Gasteiger partial charge < -0.3 is 0 Å². The maximum Gasteiger partial charge on any atom is 0.0268 e. The van der Waals surface area contributed by atoms with Crippen LogP contribution in [0.5, 0.6) is 0 Å². The van der Waals surface area contributed by atoms with Crippen LogP contribution in [0.1, 0.15) is 39.0 Å². The van der Waals surface area contributed by atoms with Gasteiger partial charge in [0, 0.05) is 13.6 Å². The normalized spacial score (nSPS) is 10.8. The lowest BCUT2D eigenvalue weighted by atomic mass is 10.1. The van der Waals surface area contributed by atoms with E-state index in [-0.39, 0.29) is 0 Å². The van der Waals surface area contributed by atoms with Gasteiger partial charge in [0.05, 0.1) is 0 Å². The van der Waals surface area contributed by atoms with Gasteiger partial charge in [-0.1, -0.05) is 32.6 Å². The van der Waals surface area contributed by atoms with E-state index in [1.54, 1.807) is 7.05 Å². The third kappa shape index (κ3) is 7.92. The Hall–Kier alpha value is -0.0800. The number of nitrogens with zero attached hydrogens (tertiary/aromatic N) is 1. The van der Waals surface area contributed by atoms with Crippen molar-refractivity contribution in [3.63, 3.8) is 0 Å². The Kier molecular flexibility index (Phi) is 6.98. The average Bonchev–Trinajstić information content (AvgIpc) is 1.87. The lowest BCUT2D eigenvalue weighted by Crippen LogP contribution is -2.11. The van der Waals surface area contributed by atoms with E-state index in [1.807, 2.05) is 0 Å². The van der Waals surface area contributed by atoms with E-state index in [0.29, 0.717) is 6.54 Å². The van der Waals surface area contributed by atoms with Crippen LogP contribution < -0.4 is 0 Å². The first-order valence-electron chi connectivity index (χ1n) is 4.15. The molecule has 0 N–H and O–H groups in total. The molecule has 0 bridgehead atoms. The monoisotopic (exact) mass is 144 g/mol. The highest BCUT2D eigenvalue weighted by Gasteiger charge is 1.92. The molecule has 0 aliphatic rings. The lowest BCUT2D eigenvalue weighted by Gasteiger charge is -2.03.